The van der Waals surface area contributed by atoms with Crippen LogP contribution >= 0.6 is 0 Å². The number of nitrogens with one attached hydrogen (secondary N) is 1. The number of hydrogen-bond donors (Lipinski definition) is 1. The van der Waals surface area contributed by atoms with Gasteiger partial charge in [0, 0.05) is 11.3 Å². The van der Waals surface area contributed by atoms with E-state index in [0.29, 0.717) is 22.7 Å². The van der Waals surface area contributed by atoms with Crippen molar-refractivity contribution < 1.29 is 22.7 Å². The van der Waals surface area contributed by atoms with E-state index < -0.39 is 22.0 Å². The highest BCUT2D eigenvalue weighted by Crippen LogP contribution is 2.24. The van der Waals surface area contributed by atoms with Crippen molar-refractivity contribution >= 4 is 33.1 Å². The first-order valence-corrected chi connectivity index (χ1v) is 10.0. The molecule has 0 radical (unpaired) electrons. The summed E-state index contributed by atoms with van der Waals surface area (Å²) in [6, 6.07) is 11.8. The van der Waals surface area contributed by atoms with E-state index in [4.69, 9.17) is 4.74 Å². The number of amides is 1. The average Bonchev–Trinajstić information content (AvgIpc) is 2.61. The van der Waals surface area contributed by atoms with E-state index in [1.165, 1.54) is 21.0 Å². The van der Waals surface area contributed by atoms with Gasteiger partial charge in [0.1, 0.15) is 11.8 Å². The first-order chi connectivity index (χ1) is 12.6. The number of Topliss-reactive ketones (excluding diaryl/α,β-unsaturated/α-hetero) is 1. The molecular formula is C19H22N2O5S. The van der Waals surface area contributed by atoms with E-state index in [-0.39, 0.29) is 5.78 Å². The van der Waals surface area contributed by atoms with E-state index in [2.05, 4.69) is 5.32 Å². The predicted molar refractivity (Wildman–Crippen MR) is 105 cm³/mol. The summed E-state index contributed by atoms with van der Waals surface area (Å²) in [5.74, 6) is -0.0718. The highest BCUT2D eigenvalue weighted by Gasteiger charge is 2.29. The molecule has 0 aliphatic rings. The Balaban J connectivity index is 2.29. The Morgan fingerprint density at radius 2 is 1.74 bits per heavy atom. The summed E-state index contributed by atoms with van der Waals surface area (Å²) >= 11 is 0. The standard InChI is InChI=1S/C19H22N2O5S/c1-13(19(23)20-16-7-5-6-15(12-16)14(2)22)21(27(4,24)25)17-8-10-18(26-3)11-9-17/h5-13H,1-4H3,(H,20,23)/t13-/m1/s1. The van der Waals surface area contributed by atoms with Crippen molar-refractivity contribution in [1.29, 1.82) is 0 Å². The Morgan fingerprint density at radius 3 is 2.26 bits per heavy atom. The van der Waals surface area contributed by atoms with Crippen LogP contribution in [0.5, 0.6) is 5.75 Å². The zero-order valence-electron chi connectivity index (χ0n) is 15.6. The van der Waals surface area contributed by atoms with Crippen molar-refractivity contribution in [2.75, 3.05) is 23.0 Å². The van der Waals surface area contributed by atoms with Gasteiger partial charge in [-0.15, -0.1) is 0 Å². The first kappa shape index (κ1) is 20.4. The summed E-state index contributed by atoms with van der Waals surface area (Å²) in [7, 11) is -2.21. The Kier molecular flexibility index (Phi) is 6.22. The minimum absolute atomic E-state index is 0.129. The maximum Gasteiger partial charge on any atom is 0.247 e. The Labute approximate surface area is 159 Å². The fourth-order valence-electron chi connectivity index (χ4n) is 2.60. The summed E-state index contributed by atoms with van der Waals surface area (Å²) in [4.78, 5) is 24.1. The molecule has 144 valence electrons. The molecule has 1 N–H and O–H groups in total. The molecule has 0 aromatic heterocycles. The lowest BCUT2D eigenvalue weighted by atomic mass is 10.1. The number of carbonyl (C=O) groups is 2. The Bertz CT molecular complexity index is 939. The monoisotopic (exact) mass is 390 g/mol. The van der Waals surface area contributed by atoms with E-state index in [9.17, 15) is 18.0 Å². The molecule has 0 bridgehead atoms. The maximum atomic E-state index is 12.7. The Morgan fingerprint density at radius 1 is 1.11 bits per heavy atom. The van der Waals surface area contributed by atoms with E-state index in [1.54, 1.807) is 48.5 Å². The van der Waals surface area contributed by atoms with Gasteiger partial charge >= 0.3 is 0 Å². The number of benzene rings is 2. The van der Waals surface area contributed by atoms with Crippen LogP contribution in [0.25, 0.3) is 0 Å². The maximum absolute atomic E-state index is 12.7. The molecule has 0 aliphatic heterocycles. The third kappa shape index (κ3) is 5.07. The zero-order valence-corrected chi connectivity index (χ0v) is 16.4. The molecular weight excluding hydrogens is 368 g/mol. The highest BCUT2D eigenvalue weighted by atomic mass is 32.2. The van der Waals surface area contributed by atoms with Gasteiger partial charge in [0.2, 0.25) is 15.9 Å². The topological polar surface area (TPSA) is 92.8 Å². The molecule has 0 heterocycles. The molecule has 7 nitrogen and oxygen atoms in total. The molecule has 2 rings (SSSR count). The molecule has 2 aromatic carbocycles. The number of hydrogen-bond acceptors (Lipinski definition) is 5. The van der Waals surface area contributed by atoms with Crippen molar-refractivity contribution in [1.82, 2.24) is 0 Å². The number of anilines is 2. The minimum Gasteiger partial charge on any atom is -0.497 e. The molecule has 0 spiro atoms. The number of rotatable bonds is 7. The second-order valence-electron chi connectivity index (χ2n) is 6.06. The molecule has 0 fully saturated rings. The number of methoxy groups -OCH3 is 1. The number of ketones is 1. The normalized spacial score (nSPS) is 12.1. The second-order valence-corrected chi connectivity index (χ2v) is 7.92. The quantitative estimate of drug-likeness (QED) is 0.734. The third-order valence-electron chi connectivity index (χ3n) is 3.95. The van der Waals surface area contributed by atoms with E-state index >= 15 is 0 Å². The molecule has 1 atom stereocenters. The van der Waals surface area contributed by atoms with Crippen LogP contribution in [-0.2, 0) is 14.8 Å². The SMILES string of the molecule is COc1ccc(N([C@H](C)C(=O)Nc2cccc(C(C)=O)c2)S(C)(=O)=O)cc1. The van der Waals surface area contributed by atoms with Crippen LogP contribution in [-0.4, -0.2) is 39.5 Å². The fraction of sp³-hybridized carbons (Fsp3) is 0.263. The van der Waals surface area contributed by atoms with Gasteiger partial charge in [0.25, 0.3) is 0 Å². The van der Waals surface area contributed by atoms with Crippen molar-refractivity contribution in [3.05, 3.63) is 54.1 Å². The average molecular weight is 390 g/mol. The van der Waals surface area contributed by atoms with Gasteiger partial charge in [0.15, 0.2) is 5.78 Å². The minimum atomic E-state index is -3.72. The summed E-state index contributed by atoms with van der Waals surface area (Å²) in [6.45, 7) is 2.92. The number of ether oxygens (including phenoxy) is 1. The molecule has 0 unspecified atom stereocenters. The van der Waals surface area contributed by atoms with Gasteiger partial charge < -0.3 is 10.1 Å². The lowest BCUT2D eigenvalue weighted by molar-refractivity contribution is -0.116. The van der Waals surface area contributed by atoms with Crippen LogP contribution in [0.3, 0.4) is 0 Å². The summed E-state index contributed by atoms with van der Waals surface area (Å²) < 4.78 is 30.7. The van der Waals surface area contributed by atoms with Crippen LogP contribution in [0.2, 0.25) is 0 Å². The predicted octanol–water partition coefficient (Wildman–Crippen LogP) is 2.69. The lowest BCUT2D eigenvalue weighted by Crippen LogP contribution is -2.45. The smallest absolute Gasteiger partial charge is 0.247 e. The summed E-state index contributed by atoms with van der Waals surface area (Å²) in [6.07, 6.45) is 1.04. The number of nitrogens with zero attached hydrogens (tertiary/aromatic N) is 1. The first-order valence-electron chi connectivity index (χ1n) is 8.19. The van der Waals surface area contributed by atoms with Crippen LogP contribution in [0.1, 0.15) is 24.2 Å². The van der Waals surface area contributed by atoms with Gasteiger partial charge in [-0.2, -0.15) is 0 Å². The van der Waals surface area contributed by atoms with Crippen molar-refractivity contribution in [2.45, 2.75) is 19.9 Å². The molecule has 0 saturated heterocycles. The number of sulfonamides is 1. The largest absolute Gasteiger partial charge is 0.497 e. The van der Waals surface area contributed by atoms with Crippen LogP contribution in [0, 0.1) is 0 Å². The van der Waals surface area contributed by atoms with E-state index in [0.717, 1.165) is 10.6 Å². The highest BCUT2D eigenvalue weighted by molar-refractivity contribution is 7.92. The van der Waals surface area contributed by atoms with Gasteiger partial charge in [-0.1, -0.05) is 12.1 Å². The fourth-order valence-corrected chi connectivity index (χ4v) is 3.78. The van der Waals surface area contributed by atoms with Gasteiger partial charge in [-0.05, 0) is 50.2 Å². The lowest BCUT2D eigenvalue weighted by Gasteiger charge is -2.28. The van der Waals surface area contributed by atoms with Crippen LogP contribution in [0.15, 0.2) is 48.5 Å². The molecule has 2 aromatic rings. The molecule has 1 amide bonds. The molecule has 0 aliphatic carbocycles. The van der Waals surface area contributed by atoms with Gasteiger partial charge in [0.05, 0.1) is 19.1 Å². The van der Waals surface area contributed by atoms with Gasteiger partial charge in [-0.3, -0.25) is 13.9 Å². The second kappa shape index (κ2) is 8.22. The number of carbonyl (C=O) groups excluding carboxylic acids is 2. The van der Waals surface area contributed by atoms with Gasteiger partial charge in [-0.25, -0.2) is 8.42 Å². The summed E-state index contributed by atoms with van der Waals surface area (Å²) in [5, 5.41) is 2.66. The van der Waals surface area contributed by atoms with Crippen molar-refractivity contribution in [3.63, 3.8) is 0 Å². The zero-order chi connectivity index (χ0) is 20.2. The van der Waals surface area contributed by atoms with E-state index in [1.807, 2.05) is 0 Å². The molecule has 0 saturated carbocycles. The van der Waals surface area contributed by atoms with Crippen LogP contribution < -0.4 is 14.4 Å². The van der Waals surface area contributed by atoms with Crippen LogP contribution in [0.4, 0.5) is 11.4 Å². The molecule has 27 heavy (non-hydrogen) atoms. The summed E-state index contributed by atoms with van der Waals surface area (Å²) in [5.41, 5.74) is 1.22. The van der Waals surface area contributed by atoms with Crippen molar-refractivity contribution in [3.8, 4) is 5.75 Å². The third-order valence-corrected chi connectivity index (χ3v) is 5.19. The Hall–Kier alpha value is -2.87. The van der Waals surface area contributed by atoms with Crippen molar-refractivity contribution in [2.24, 2.45) is 0 Å². The molecule has 8 heteroatoms.